The molecule has 13 atom stereocenters. The Kier molecular flexibility index (Phi) is 5.55. The first-order valence-corrected chi connectivity index (χ1v) is 14.5. The first kappa shape index (κ1) is 24.9. The van der Waals surface area contributed by atoms with Crippen molar-refractivity contribution < 1.29 is 28.6 Å². The van der Waals surface area contributed by atoms with Crippen LogP contribution in [0.25, 0.3) is 0 Å². The lowest BCUT2D eigenvalue weighted by Gasteiger charge is -2.59. The smallest absolute Gasteiger partial charge is 0.309 e. The maximum Gasteiger partial charge on any atom is 0.309 e. The summed E-state index contributed by atoms with van der Waals surface area (Å²) in [5, 5.41) is 0. The Bertz CT molecular complexity index is 976. The van der Waals surface area contributed by atoms with Crippen molar-refractivity contribution in [3.63, 3.8) is 0 Å². The molecule has 1 spiro atoms. The molecule has 0 aromatic carbocycles. The zero-order chi connectivity index (χ0) is 25.8. The molecule has 6 fully saturated rings. The highest BCUT2D eigenvalue weighted by Gasteiger charge is 2.81. The number of carbonyl (C=O) groups is 3. The van der Waals surface area contributed by atoms with E-state index in [1.165, 1.54) is 19.8 Å². The second kappa shape index (κ2) is 8.04. The summed E-state index contributed by atoms with van der Waals surface area (Å²) in [5.74, 6) is 2.51. The predicted octanol–water partition coefficient (Wildman–Crippen LogP) is 5.11. The van der Waals surface area contributed by atoms with Crippen LogP contribution in [0.4, 0.5) is 0 Å². The van der Waals surface area contributed by atoms with Gasteiger partial charge in [-0.2, -0.15) is 0 Å². The average Bonchev–Trinajstić information content (AvgIpc) is 3.45. The van der Waals surface area contributed by atoms with Crippen LogP contribution in [0.15, 0.2) is 0 Å². The van der Waals surface area contributed by atoms with Crippen LogP contribution in [-0.4, -0.2) is 41.6 Å². The molecule has 6 aliphatic rings. The molecule has 2 heterocycles. The number of rotatable bonds is 3. The highest BCUT2D eigenvalue weighted by molar-refractivity contribution is 5.89. The van der Waals surface area contributed by atoms with Crippen LogP contribution in [0.5, 0.6) is 0 Å². The maximum atomic E-state index is 13.6. The number of cyclic esters (lactones) is 1. The normalized spacial score (nSPS) is 54.3. The van der Waals surface area contributed by atoms with Crippen LogP contribution in [0.1, 0.15) is 92.9 Å². The highest BCUT2D eigenvalue weighted by atomic mass is 16.7. The van der Waals surface area contributed by atoms with Crippen molar-refractivity contribution >= 4 is 17.7 Å². The molecule has 200 valence electrons. The fraction of sp³-hybridized carbons (Fsp3) is 0.900. The molecule has 0 N–H and O–H groups in total. The molecular weight excluding hydrogens is 456 g/mol. The Hall–Kier alpha value is -1.43. The summed E-state index contributed by atoms with van der Waals surface area (Å²) in [4.78, 5) is 38.1. The van der Waals surface area contributed by atoms with E-state index in [0.717, 1.165) is 25.7 Å². The van der Waals surface area contributed by atoms with Crippen molar-refractivity contribution in [2.75, 3.05) is 0 Å². The molecule has 4 saturated carbocycles. The van der Waals surface area contributed by atoms with Crippen LogP contribution in [-0.2, 0) is 28.6 Å². The second-order valence-electron chi connectivity index (χ2n) is 13.8. The minimum Gasteiger partial charge on any atom is -0.462 e. The predicted molar refractivity (Wildman–Crippen MR) is 133 cm³/mol. The molecule has 36 heavy (non-hydrogen) atoms. The van der Waals surface area contributed by atoms with Gasteiger partial charge in [-0.15, -0.1) is 0 Å². The summed E-state index contributed by atoms with van der Waals surface area (Å²) >= 11 is 0. The van der Waals surface area contributed by atoms with Gasteiger partial charge in [0, 0.05) is 13.3 Å². The molecule has 6 nitrogen and oxygen atoms in total. The van der Waals surface area contributed by atoms with E-state index in [9.17, 15) is 14.4 Å². The van der Waals surface area contributed by atoms with Gasteiger partial charge in [0.2, 0.25) is 0 Å². The van der Waals surface area contributed by atoms with Gasteiger partial charge >= 0.3 is 11.9 Å². The number of hydrogen-bond acceptors (Lipinski definition) is 6. The standard InChI is InChI=1S/C30H44O6/c1-15-13-23(35-27(33)16(15)2)17(3)20-7-8-21-19-14-26-30(36-26)25(34-18(4)31)10-9-24(32)29(30,6)22(19)11-12-28(20,21)5/h15-17,19-23,25-26H,7-14H2,1-6H3. The van der Waals surface area contributed by atoms with E-state index in [1.807, 2.05) is 6.92 Å². The van der Waals surface area contributed by atoms with E-state index in [-0.39, 0.29) is 47.5 Å². The topological polar surface area (TPSA) is 82.2 Å². The number of ether oxygens (including phenoxy) is 3. The van der Waals surface area contributed by atoms with E-state index in [2.05, 4.69) is 27.7 Å². The third-order valence-electron chi connectivity index (χ3n) is 12.6. The third kappa shape index (κ3) is 3.09. The van der Waals surface area contributed by atoms with Crippen molar-refractivity contribution in [1.29, 1.82) is 0 Å². The van der Waals surface area contributed by atoms with E-state index >= 15 is 0 Å². The molecular formula is C30H44O6. The molecule has 6 rings (SSSR count). The largest absolute Gasteiger partial charge is 0.462 e. The van der Waals surface area contributed by atoms with Crippen LogP contribution >= 0.6 is 0 Å². The molecule has 0 radical (unpaired) electrons. The fourth-order valence-electron chi connectivity index (χ4n) is 10.5. The van der Waals surface area contributed by atoms with Gasteiger partial charge in [-0.25, -0.2) is 0 Å². The van der Waals surface area contributed by atoms with Crippen LogP contribution in [0.3, 0.4) is 0 Å². The highest BCUT2D eigenvalue weighted by Crippen LogP contribution is 2.74. The lowest BCUT2D eigenvalue weighted by molar-refractivity contribution is -0.180. The summed E-state index contributed by atoms with van der Waals surface area (Å²) in [5.41, 5.74) is -0.997. The van der Waals surface area contributed by atoms with E-state index in [0.29, 0.717) is 48.2 Å². The van der Waals surface area contributed by atoms with Crippen molar-refractivity contribution in [1.82, 2.24) is 0 Å². The number of carbonyl (C=O) groups excluding carboxylic acids is 3. The summed E-state index contributed by atoms with van der Waals surface area (Å²) in [7, 11) is 0. The first-order valence-electron chi connectivity index (χ1n) is 14.5. The van der Waals surface area contributed by atoms with Crippen molar-refractivity contribution in [3.05, 3.63) is 0 Å². The molecule has 0 amide bonds. The van der Waals surface area contributed by atoms with E-state index < -0.39 is 11.0 Å². The van der Waals surface area contributed by atoms with Gasteiger partial charge in [-0.1, -0.05) is 27.7 Å². The quantitative estimate of drug-likeness (QED) is 0.396. The minimum atomic E-state index is -0.614. The molecule has 0 aromatic heterocycles. The van der Waals surface area contributed by atoms with Gasteiger partial charge < -0.3 is 14.2 Å². The van der Waals surface area contributed by atoms with E-state index in [1.54, 1.807) is 0 Å². The number of epoxide rings is 1. The molecule has 4 aliphatic carbocycles. The molecule has 2 saturated heterocycles. The Balaban J connectivity index is 1.26. The number of fused-ring (bicyclic) bond motifs is 4. The van der Waals surface area contributed by atoms with Gasteiger partial charge in [-0.05, 0) is 92.8 Å². The zero-order valence-electron chi connectivity index (χ0n) is 22.9. The van der Waals surface area contributed by atoms with E-state index in [4.69, 9.17) is 14.2 Å². The molecule has 2 aliphatic heterocycles. The first-order chi connectivity index (χ1) is 16.9. The summed E-state index contributed by atoms with van der Waals surface area (Å²) in [6.07, 6.45) is 7.16. The van der Waals surface area contributed by atoms with Crippen molar-refractivity contribution in [2.24, 2.45) is 52.3 Å². The number of hydrogen-bond donors (Lipinski definition) is 0. The lowest BCUT2D eigenvalue weighted by Crippen LogP contribution is -2.65. The number of Topliss-reactive ketones (excluding diaryl/α,β-unsaturated/α-hetero) is 1. The minimum absolute atomic E-state index is 0.00898. The van der Waals surface area contributed by atoms with Crippen molar-refractivity contribution in [2.45, 2.75) is 117 Å². The van der Waals surface area contributed by atoms with Gasteiger partial charge in [-0.3, -0.25) is 14.4 Å². The van der Waals surface area contributed by atoms with Gasteiger partial charge in [0.1, 0.15) is 23.6 Å². The number of esters is 2. The second-order valence-corrected chi connectivity index (χ2v) is 13.8. The summed E-state index contributed by atoms with van der Waals surface area (Å²) in [6.45, 7) is 12.6. The Morgan fingerprint density at radius 3 is 2.50 bits per heavy atom. The van der Waals surface area contributed by atoms with Gasteiger partial charge in [0.15, 0.2) is 0 Å². The Labute approximate surface area is 215 Å². The maximum absolute atomic E-state index is 13.6. The lowest BCUT2D eigenvalue weighted by atomic mass is 9.43. The van der Waals surface area contributed by atoms with Crippen molar-refractivity contribution in [3.8, 4) is 0 Å². The fourth-order valence-corrected chi connectivity index (χ4v) is 10.5. The number of ketones is 1. The van der Waals surface area contributed by atoms with Crippen LogP contribution in [0, 0.1) is 52.3 Å². The average molecular weight is 501 g/mol. The summed E-state index contributed by atoms with van der Waals surface area (Å²) < 4.78 is 18.3. The Morgan fingerprint density at radius 1 is 1.06 bits per heavy atom. The zero-order valence-corrected chi connectivity index (χ0v) is 22.9. The monoisotopic (exact) mass is 500 g/mol. The van der Waals surface area contributed by atoms with Crippen LogP contribution < -0.4 is 0 Å². The molecule has 0 aromatic rings. The molecule has 0 bridgehead atoms. The van der Waals surface area contributed by atoms with Gasteiger partial charge in [0.25, 0.3) is 0 Å². The SMILES string of the molecule is CC(=O)OC1CCC(=O)C2(C)C3CCC4(C)C(C(C)C5CC(C)C(C)C(=O)O5)CCC4C3CC3OC132. The molecule has 6 heteroatoms. The third-order valence-corrected chi connectivity index (χ3v) is 12.6. The van der Waals surface area contributed by atoms with Crippen LogP contribution in [0.2, 0.25) is 0 Å². The molecule has 13 unspecified atom stereocenters. The Morgan fingerprint density at radius 2 is 1.81 bits per heavy atom. The summed E-state index contributed by atoms with van der Waals surface area (Å²) in [6, 6.07) is 0. The van der Waals surface area contributed by atoms with Gasteiger partial charge in [0.05, 0.1) is 17.4 Å².